The molecule has 0 aliphatic heterocycles. The van der Waals surface area contributed by atoms with E-state index in [0.717, 1.165) is 118 Å². The molecule has 27 rings (SSSR count). The van der Waals surface area contributed by atoms with Crippen molar-refractivity contribution in [1.82, 2.24) is 57.3 Å². The van der Waals surface area contributed by atoms with Crippen LogP contribution in [0.4, 0.5) is 0 Å². The third-order valence-electron chi connectivity index (χ3n) is 25.6. The molecule has 18 aromatic carbocycles. The van der Waals surface area contributed by atoms with E-state index < -0.39 is 0 Å². The molecular weight excluding hydrogens is 1610 g/mol. The summed E-state index contributed by atoms with van der Waals surface area (Å²) >= 11 is 0. The number of nitrogens with zero attached hydrogens (tertiary/aromatic N) is 12. The van der Waals surface area contributed by atoms with E-state index in [1.54, 1.807) is 0 Å². The molecule has 12 nitrogen and oxygen atoms in total. The Balaban J connectivity index is 0.000000106. The van der Waals surface area contributed by atoms with Gasteiger partial charge in [-0.1, -0.05) is 352 Å². The molecule has 0 fully saturated rings. The molecule has 0 aliphatic rings. The first-order valence-electron chi connectivity index (χ1n) is 44.6. The van der Waals surface area contributed by atoms with Crippen molar-refractivity contribution >= 4 is 131 Å². The highest BCUT2D eigenvalue weighted by atomic mass is 15.2. The third kappa shape index (κ3) is 13.0. The molecule has 0 N–H and O–H groups in total. The van der Waals surface area contributed by atoms with Crippen LogP contribution in [-0.4, -0.2) is 57.3 Å². The number of benzene rings is 18. The Morgan fingerprint density at radius 1 is 0.129 bits per heavy atom. The summed E-state index contributed by atoms with van der Waals surface area (Å²) in [7, 11) is 0. The summed E-state index contributed by atoms with van der Waals surface area (Å²) in [5.74, 6) is 1.96. The molecule has 0 unspecified atom stereocenters. The number of fused-ring (bicyclic) bond motifs is 20. The summed E-state index contributed by atoms with van der Waals surface area (Å²) < 4.78 is 13.8. The number of aromatic nitrogens is 12. The van der Waals surface area contributed by atoms with Crippen molar-refractivity contribution in [2.45, 2.75) is 0 Å². The van der Waals surface area contributed by atoms with Gasteiger partial charge in [-0.05, 0) is 121 Å². The Morgan fingerprint density at radius 2 is 0.341 bits per heavy atom. The second kappa shape index (κ2) is 32.1. The minimum atomic E-state index is 0.651. The maximum Gasteiger partial charge on any atom is 0.235 e. The van der Waals surface area contributed by atoms with Gasteiger partial charge in [-0.3, -0.25) is 13.7 Å². The zero-order valence-electron chi connectivity index (χ0n) is 71.4. The lowest BCUT2D eigenvalue weighted by Gasteiger charge is -2.12. The highest BCUT2D eigenvalue weighted by Crippen LogP contribution is 2.47. The number of hydrogen-bond acceptors (Lipinski definition) is 6. The van der Waals surface area contributed by atoms with Crippen molar-refractivity contribution in [3.8, 4) is 102 Å². The van der Waals surface area contributed by atoms with Crippen molar-refractivity contribution in [3.63, 3.8) is 0 Å². The molecule has 0 saturated carbocycles. The Bertz CT molecular complexity index is 8760. The van der Waals surface area contributed by atoms with E-state index in [4.69, 9.17) is 29.9 Å². The van der Waals surface area contributed by atoms with E-state index in [1.807, 2.05) is 36.4 Å². The normalized spacial score (nSPS) is 11.6. The van der Waals surface area contributed by atoms with Gasteiger partial charge in [0.05, 0.1) is 100 Å². The summed E-state index contributed by atoms with van der Waals surface area (Å²) in [5.41, 5.74) is 28.7. The largest absolute Gasteiger partial charge is 0.309 e. The molecule has 9 aromatic heterocycles. The van der Waals surface area contributed by atoms with Crippen LogP contribution in [0.25, 0.3) is 233 Å². The van der Waals surface area contributed by atoms with Gasteiger partial charge in [-0.25, -0.2) is 29.9 Å². The van der Waals surface area contributed by atoms with Crippen molar-refractivity contribution in [1.29, 1.82) is 0 Å². The molecule has 12 heteroatoms. The number of para-hydroxylation sites is 9. The summed E-state index contributed by atoms with van der Waals surface area (Å²) in [6.45, 7) is 0. The average molecular weight is 1690 g/mol. The molecule has 0 radical (unpaired) electrons. The molecule has 0 saturated heterocycles. The van der Waals surface area contributed by atoms with Crippen LogP contribution in [0.15, 0.2) is 473 Å². The van der Waals surface area contributed by atoms with Gasteiger partial charge in [0.15, 0.2) is 0 Å². The van der Waals surface area contributed by atoms with Gasteiger partial charge < -0.3 is 13.7 Å². The lowest BCUT2D eigenvalue weighted by molar-refractivity contribution is 0.995. The third-order valence-corrected chi connectivity index (χ3v) is 25.6. The second-order valence-electron chi connectivity index (χ2n) is 33.2. The predicted molar refractivity (Wildman–Crippen MR) is 545 cm³/mol. The summed E-state index contributed by atoms with van der Waals surface area (Å²) in [6, 6.07) is 166. The Labute approximate surface area is 758 Å². The zero-order chi connectivity index (χ0) is 87.1. The van der Waals surface area contributed by atoms with Crippen molar-refractivity contribution in [3.05, 3.63) is 473 Å². The summed E-state index contributed by atoms with van der Waals surface area (Å²) in [4.78, 5) is 31.3. The SMILES string of the molecule is c1ccc(-c2cc(-c3ccccc3)nc(-n3c4ccccc4c4c3ccc3c5ccccc5n(-c5ccccc5)c34)n2)cc1.c1ccc(-c2cc(-c3ccccc3)nc(-n3c4ccccc4c4c5c6ccccc6n(-c6ccccc6)c5ccc43)n2)cc1.c1ccc(-c2cc(-c3ccccc3)nc(-n3c4ccccc4c4cc5c(cc43)c3ccccc3n5-c3ccccc3)n2)cc1. The van der Waals surface area contributed by atoms with E-state index in [-0.39, 0.29) is 0 Å². The van der Waals surface area contributed by atoms with Gasteiger partial charge in [-0.2, -0.15) is 0 Å². The first kappa shape index (κ1) is 76.4. The first-order chi connectivity index (χ1) is 65.5. The zero-order valence-corrected chi connectivity index (χ0v) is 71.4. The quantitative estimate of drug-likeness (QED) is 0.121. The highest BCUT2D eigenvalue weighted by molar-refractivity contribution is 6.30. The fourth-order valence-corrected chi connectivity index (χ4v) is 19.8. The molecule has 0 spiro atoms. The van der Waals surface area contributed by atoms with Crippen LogP contribution >= 0.6 is 0 Å². The van der Waals surface area contributed by atoms with Crippen LogP contribution in [0.1, 0.15) is 0 Å². The maximum absolute atomic E-state index is 5.22. The van der Waals surface area contributed by atoms with Crippen molar-refractivity contribution < 1.29 is 0 Å². The van der Waals surface area contributed by atoms with Gasteiger partial charge >= 0.3 is 0 Å². The second-order valence-corrected chi connectivity index (χ2v) is 33.2. The van der Waals surface area contributed by atoms with E-state index in [0.29, 0.717) is 17.8 Å². The van der Waals surface area contributed by atoms with Gasteiger partial charge in [0.2, 0.25) is 17.8 Å². The molecule has 618 valence electrons. The Kier molecular flexibility index (Phi) is 18.6. The van der Waals surface area contributed by atoms with Crippen molar-refractivity contribution in [2.24, 2.45) is 0 Å². The Hall–Kier alpha value is -18.0. The molecule has 0 aliphatic carbocycles. The van der Waals surface area contributed by atoms with Crippen LogP contribution in [-0.2, 0) is 0 Å². The van der Waals surface area contributed by atoms with Crippen LogP contribution in [0, 0.1) is 0 Å². The molecule has 132 heavy (non-hydrogen) atoms. The average Bonchev–Trinajstić information content (AvgIpc) is 1.38. The molecule has 0 bridgehead atoms. The fourth-order valence-electron chi connectivity index (χ4n) is 19.8. The van der Waals surface area contributed by atoms with E-state index in [9.17, 15) is 0 Å². The van der Waals surface area contributed by atoms with Gasteiger partial charge in [0.1, 0.15) is 0 Å². The van der Waals surface area contributed by atoms with E-state index in [2.05, 4.69) is 464 Å². The lowest BCUT2D eigenvalue weighted by Crippen LogP contribution is -2.04. The highest BCUT2D eigenvalue weighted by Gasteiger charge is 2.27. The molecule has 0 amide bonds. The molecule has 9 heterocycles. The van der Waals surface area contributed by atoms with Crippen LogP contribution in [0.5, 0.6) is 0 Å². The van der Waals surface area contributed by atoms with Gasteiger partial charge in [0, 0.05) is 115 Å². The van der Waals surface area contributed by atoms with Crippen molar-refractivity contribution in [2.75, 3.05) is 0 Å². The first-order valence-corrected chi connectivity index (χ1v) is 44.6. The van der Waals surface area contributed by atoms with E-state index >= 15 is 0 Å². The molecular formula is C120H78N12. The standard InChI is InChI=1S/3C40H26N4/c1-4-14-27(15-5-1)34-26-35(28-16-6-2-7-17-28)42-40(41-34)44-37-23-13-11-21-31(37)33-24-38-32(25-39(33)44)30-20-10-12-22-36(30)43(38)29-18-8-3-9-19-29;1-4-14-27(15-5-1)33-26-34(28-16-6-2-7-17-28)42-40(41-33)44-36-23-13-11-21-32(36)38-37(44)25-24-31-30-20-10-12-22-35(30)43(39(31)38)29-18-8-3-9-19-29;1-4-14-27(15-5-1)32-26-33(28-16-6-2-7-17-28)42-40(41-32)44-35-23-13-11-21-31(35)39-37(44)25-24-36-38(39)30-20-10-12-22-34(30)43(36)29-18-8-3-9-19-29/h3*1-26H. The molecule has 0 atom stereocenters. The fraction of sp³-hybridized carbons (Fsp3) is 0. The minimum Gasteiger partial charge on any atom is -0.309 e. The van der Waals surface area contributed by atoms with Crippen LogP contribution in [0.3, 0.4) is 0 Å². The summed E-state index contributed by atoms with van der Waals surface area (Å²) in [6.07, 6.45) is 0. The van der Waals surface area contributed by atoms with Gasteiger partial charge in [0.25, 0.3) is 0 Å². The number of hydrogen-bond donors (Lipinski definition) is 0. The predicted octanol–water partition coefficient (Wildman–Crippen LogP) is 30.0. The number of rotatable bonds is 12. The molecule has 27 aromatic rings. The lowest BCUT2D eigenvalue weighted by atomic mass is 10.1. The van der Waals surface area contributed by atoms with E-state index in [1.165, 1.54) is 97.7 Å². The topological polar surface area (TPSA) is 107 Å². The van der Waals surface area contributed by atoms with Crippen LogP contribution in [0.2, 0.25) is 0 Å². The monoisotopic (exact) mass is 1690 g/mol. The maximum atomic E-state index is 5.22. The minimum absolute atomic E-state index is 0.651. The van der Waals surface area contributed by atoms with Gasteiger partial charge in [-0.15, -0.1) is 0 Å². The van der Waals surface area contributed by atoms with Crippen LogP contribution < -0.4 is 0 Å². The smallest absolute Gasteiger partial charge is 0.235 e. The Morgan fingerprint density at radius 3 is 0.682 bits per heavy atom. The summed E-state index contributed by atoms with van der Waals surface area (Å²) in [5, 5.41) is 14.4.